The number of nitrogens with two attached hydrogens (primary N) is 1. The van der Waals surface area contributed by atoms with Crippen LogP contribution in [0.5, 0.6) is 5.75 Å². The summed E-state index contributed by atoms with van der Waals surface area (Å²) in [7, 11) is 1.30. The molecular formula is C12H15F2NO3. The van der Waals surface area contributed by atoms with Crippen molar-refractivity contribution in [1.29, 1.82) is 0 Å². The number of esters is 1. The number of alkyl halides is 2. The summed E-state index contributed by atoms with van der Waals surface area (Å²) in [6.45, 7) is -2.58. The summed E-state index contributed by atoms with van der Waals surface area (Å²) in [5.41, 5.74) is 6.35. The average Bonchev–Trinajstić information content (AvgIpc) is 2.36. The van der Waals surface area contributed by atoms with E-state index in [-0.39, 0.29) is 30.6 Å². The summed E-state index contributed by atoms with van der Waals surface area (Å²) >= 11 is 0. The first-order valence-corrected chi connectivity index (χ1v) is 5.38. The lowest BCUT2D eigenvalue weighted by Crippen LogP contribution is -2.17. The summed E-state index contributed by atoms with van der Waals surface area (Å²) in [5.74, 6) is -0.487. The molecule has 0 aliphatic heterocycles. The molecular weight excluding hydrogens is 244 g/mol. The minimum Gasteiger partial charge on any atom is -0.469 e. The van der Waals surface area contributed by atoms with E-state index in [4.69, 9.17) is 5.73 Å². The molecule has 18 heavy (non-hydrogen) atoms. The Morgan fingerprint density at radius 1 is 1.33 bits per heavy atom. The SMILES string of the molecule is COC(=O)CC(CN)c1ccc(OC(F)F)cc1. The van der Waals surface area contributed by atoms with Gasteiger partial charge in [-0.15, -0.1) is 0 Å². The van der Waals surface area contributed by atoms with Gasteiger partial charge in [0.2, 0.25) is 0 Å². The van der Waals surface area contributed by atoms with Gasteiger partial charge in [0.25, 0.3) is 0 Å². The van der Waals surface area contributed by atoms with Crippen LogP contribution in [0.1, 0.15) is 17.9 Å². The monoisotopic (exact) mass is 259 g/mol. The van der Waals surface area contributed by atoms with E-state index in [9.17, 15) is 13.6 Å². The Labute approximate surface area is 104 Å². The number of hydrogen-bond acceptors (Lipinski definition) is 4. The molecule has 1 unspecified atom stereocenters. The van der Waals surface area contributed by atoms with Gasteiger partial charge in [-0.2, -0.15) is 8.78 Å². The first-order valence-electron chi connectivity index (χ1n) is 5.38. The van der Waals surface area contributed by atoms with Crippen molar-refractivity contribution in [3.8, 4) is 5.75 Å². The van der Waals surface area contributed by atoms with Crippen molar-refractivity contribution in [3.63, 3.8) is 0 Å². The molecule has 0 spiro atoms. The molecule has 0 saturated heterocycles. The van der Waals surface area contributed by atoms with Crippen LogP contribution in [0.2, 0.25) is 0 Å². The van der Waals surface area contributed by atoms with E-state index in [0.29, 0.717) is 0 Å². The molecule has 4 nitrogen and oxygen atoms in total. The van der Waals surface area contributed by atoms with E-state index < -0.39 is 6.61 Å². The standard InChI is InChI=1S/C12H15F2NO3/c1-17-11(16)6-9(7-15)8-2-4-10(5-3-8)18-12(13)14/h2-5,9,12H,6-7,15H2,1H3. The fraction of sp³-hybridized carbons (Fsp3) is 0.417. The van der Waals surface area contributed by atoms with E-state index in [2.05, 4.69) is 9.47 Å². The lowest BCUT2D eigenvalue weighted by Gasteiger charge is -2.14. The number of hydrogen-bond donors (Lipinski definition) is 1. The normalized spacial score (nSPS) is 12.3. The predicted molar refractivity (Wildman–Crippen MR) is 61.5 cm³/mol. The molecule has 0 amide bonds. The molecule has 100 valence electrons. The molecule has 1 aromatic rings. The summed E-state index contributed by atoms with van der Waals surface area (Å²) in [6, 6.07) is 6.05. The maximum Gasteiger partial charge on any atom is 0.387 e. The van der Waals surface area contributed by atoms with Gasteiger partial charge in [0, 0.05) is 5.92 Å². The number of ether oxygens (including phenoxy) is 2. The van der Waals surface area contributed by atoms with Crippen molar-refractivity contribution >= 4 is 5.97 Å². The second-order valence-electron chi connectivity index (χ2n) is 3.66. The highest BCUT2D eigenvalue weighted by Crippen LogP contribution is 2.22. The highest BCUT2D eigenvalue weighted by molar-refractivity contribution is 5.70. The van der Waals surface area contributed by atoms with Gasteiger partial charge in [-0.25, -0.2) is 0 Å². The molecule has 0 heterocycles. The third-order valence-electron chi connectivity index (χ3n) is 2.50. The number of carbonyl (C=O) groups is 1. The second kappa shape index (κ2) is 6.90. The maximum atomic E-state index is 12.0. The first-order chi connectivity index (χ1) is 8.56. The molecule has 0 aromatic heterocycles. The molecule has 0 fully saturated rings. The van der Waals surface area contributed by atoms with E-state index in [0.717, 1.165) is 5.56 Å². The second-order valence-corrected chi connectivity index (χ2v) is 3.66. The van der Waals surface area contributed by atoms with Crippen molar-refractivity contribution in [3.05, 3.63) is 29.8 Å². The molecule has 1 rings (SSSR count). The number of benzene rings is 1. The predicted octanol–water partition coefficient (Wildman–Crippen LogP) is 1.89. The lowest BCUT2D eigenvalue weighted by atomic mass is 9.96. The van der Waals surface area contributed by atoms with Crippen molar-refractivity contribution in [1.82, 2.24) is 0 Å². The summed E-state index contributed by atoms with van der Waals surface area (Å²) < 4.78 is 32.7. The minimum absolute atomic E-state index is 0.0718. The third kappa shape index (κ3) is 4.29. The zero-order chi connectivity index (χ0) is 13.5. The Hall–Kier alpha value is -1.69. The van der Waals surface area contributed by atoms with Crippen LogP contribution in [0.4, 0.5) is 8.78 Å². The van der Waals surface area contributed by atoms with Gasteiger partial charge in [0.1, 0.15) is 5.75 Å². The van der Waals surface area contributed by atoms with Crippen LogP contribution in [0.3, 0.4) is 0 Å². The van der Waals surface area contributed by atoms with E-state index in [1.54, 1.807) is 12.1 Å². The number of carbonyl (C=O) groups excluding carboxylic acids is 1. The number of rotatable bonds is 6. The van der Waals surface area contributed by atoms with Crippen LogP contribution in [0.15, 0.2) is 24.3 Å². The van der Waals surface area contributed by atoms with Crippen LogP contribution in [-0.4, -0.2) is 26.2 Å². The van der Waals surface area contributed by atoms with Crippen molar-refractivity contribution in [2.75, 3.05) is 13.7 Å². The van der Waals surface area contributed by atoms with Crippen LogP contribution >= 0.6 is 0 Å². The van der Waals surface area contributed by atoms with Crippen LogP contribution in [0, 0.1) is 0 Å². The van der Waals surface area contributed by atoms with Gasteiger partial charge >= 0.3 is 12.6 Å². The van der Waals surface area contributed by atoms with E-state index in [1.165, 1.54) is 19.2 Å². The van der Waals surface area contributed by atoms with Crippen molar-refractivity contribution in [2.45, 2.75) is 19.0 Å². The summed E-state index contributed by atoms with van der Waals surface area (Å²) in [4.78, 5) is 11.2. The quantitative estimate of drug-likeness (QED) is 0.792. The average molecular weight is 259 g/mol. The fourth-order valence-electron chi connectivity index (χ4n) is 1.54. The molecule has 0 aliphatic rings. The van der Waals surface area contributed by atoms with Crippen molar-refractivity contribution in [2.24, 2.45) is 5.73 Å². The van der Waals surface area contributed by atoms with Gasteiger partial charge in [-0.05, 0) is 24.2 Å². The Bertz CT molecular complexity index is 381. The highest BCUT2D eigenvalue weighted by atomic mass is 19.3. The first kappa shape index (κ1) is 14.4. The maximum absolute atomic E-state index is 12.0. The molecule has 0 aliphatic carbocycles. The van der Waals surface area contributed by atoms with E-state index in [1.807, 2.05) is 0 Å². The Morgan fingerprint density at radius 2 is 1.94 bits per heavy atom. The molecule has 0 saturated carbocycles. The molecule has 2 N–H and O–H groups in total. The van der Waals surface area contributed by atoms with Gasteiger partial charge in [-0.3, -0.25) is 4.79 Å². The summed E-state index contributed by atoms with van der Waals surface area (Å²) in [5, 5.41) is 0. The Kier molecular flexibility index (Phi) is 5.51. The molecule has 0 bridgehead atoms. The zero-order valence-corrected chi connectivity index (χ0v) is 9.94. The molecule has 1 atom stereocenters. The minimum atomic E-state index is -2.85. The van der Waals surface area contributed by atoms with Crippen LogP contribution < -0.4 is 10.5 Å². The molecule has 0 radical (unpaired) electrons. The van der Waals surface area contributed by atoms with Gasteiger partial charge in [0.05, 0.1) is 13.5 Å². The van der Waals surface area contributed by atoms with Crippen LogP contribution in [0.25, 0.3) is 0 Å². The largest absolute Gasteiger partial charge is 0.469 e. The Balaban J connectivity index is 2.72. The topological polar surface area (TPSA) is 61.5 Å². The van der Waals surface area contributed by atoms with Gasteiger partial charge in [-0.1, -0.05) is 12.1 Å². The smallest absolute Gasteiger partial charge is 0.387 e. The molecule has 6 heteroatoms. The van der Waals surface area contributed by atoms with Crippen molar-refractivity contribution < 1.29 is 23.0 Å². The Morgan fingerprint density at radius 3 is 2.39 bits per heavy atom. The summed E-state index contributed by atoms with van der Waals surface area (Å²) in [6.07, 6.45) is 0.155. The third-order valence-corrected chi connectivity index (χ3v) is 2.50. The zero-order valence-electron chi connectivity index (χ0n) is 9.94. The highest BCUT2D eigenvalue weighted by Gasteiger charge is 2.15. The van der Waals surface area contributed by atoms with E-state index >= 15 is 0 Å². The van der Waals surface area contributed by atoms with Crippen LogP contribution in [-0.2, 0) is 9.53 Å². The fourth-order valence-corrected chi connectivity index (χ4v) is 1.54. The number of halogens is 2. The van der Waals surface area contributed by atoms with Gasteiger partial charge < -0.3 is 15.2 Å². The van der Waals surface area contributed by atoms with Gasteiger partial charge in [0.15, 0.2) is 0 Å². The lowest BCUT2D eigenvalue weighted by molar-refractivity contribution is -0.141. The molecule has 1 aromatic carbocycles. The number of methoxy groups -OCH3 is 1.